The number of amides is 1. The first-order valence-electron chi connectivity index (χ1n) is 8.25. The Labute approximate surface area is 147 Å². The van der Waals surface area contributed by atoms with Crippen molar-refractivity contribution in [3.63, 3.8) is 0 Å². The SMILES string of the molecule is CCOc1ccc(/C=C(\C(=O)NC(C)(C)C)n2ccccc2=O)cc1. The lowest BCUT2D eigenvalue weighted by Gasteiger charge is -2.22. The number of pyridine rings is 1. The Morgan fingerprint density at radius 1 is 1.16 bits per heavy atom. The number of carbonyl (C=O) groups excluding carboxylic acids is 1. The summed E-state index contributed by atoms with van der Waals surface area (Å²) >= 11 is 0. The van der Waals surface area contributed by atoms with Gasteiger partial charge in [0.2, 0.25) is 0 Å². The maximum atomic E-state index is 12.7. The molecule has 0 spiro atoms. The molecular weight excluding hydrogens is 316 g/mol. The standard InChI is InChI=1S/C20H24N2O3/c1-5-25-16-11-9-15(10-12-16)14-17(19(24)21-20(2,3)4)22-13-7-6-8-18(22)23/h6-14H,5H2,1-4H3,(H,21,24)/b17-14+. The van der Waals surface area contributed by atoms with Crippen molar-refractivity contribution in [2.24, 2.45) is 0 Å². The van der Waals surface area contributed by atoms with Gasteiger partial charge < -0.3 is 10.1 Å². The van der Waals surface area contributed by atoms with Gasteiger partial charge in [-0.1, -0.05) is 18.2 Å². The summed E-state index contributed by atoms with van der Waals surface area (Å²) in [6.45, 7) is 8.20. The fourth-order valence-electron chi connectivity index (χ4n) is 2.26. The average molecular weight is 340 g/mol. The van der Waals surface area contributed by atoms with Crippen molar-refractivity contribution in [2.75, 3.05) is 6.61 Å². The molecule has 0 aliphatic carbocycles. The molecule has 0 fully saturated rings. The minimum atomic E-state index is -0.409. The van der Waals surface area contributed by atoms with Gasteiger partial charge in [-0.05, 0) is 57.5 Å². The zero-order chi connectivity index (χ0) is 18.4. The fraction of sp³-hybridized carbons (Fsp3) is 0.300. The van der Waals surface area contributed by atoms with E-state index in [9.17, 15) is 9.59 Å². The Hall–Kier alpha value is -2.82. The minimum absolute atomic E-state index is 0.260. The highest BCUT2D eigenvalue weighted by molar-refractivity contribution is 6.18. The summed E-state index contributed by atoms with van der Waals surface area (Å²) in [4.78, 5) is 24.9. The van der Waals surface area contributed by atoms with Crippen LogP contribution in [0.25, 0.3) is 11.8 Å². The summed E-state index contributed by atoms with van der Waals surface area (Å²) < 4.78 is 6.77. The van der Waals surface area contributed by atoms with Gasteiger partial charge in [-0.3, -0.25) is 14.2 Å². The van der Waals surface area contributed by atoms with Gasteiger partial charge in [-0.2, -0.15) is 0 Å². The topological polar surface area (TPSA) is 60.3 Å². The lowest BCUT2D eigenvalue weighted by atomic mass is 10.1. The molecule has 0 bridgehead atoms. The molecule has 25 heavy (non-hydrogen) atoms. The summed E-state index contributed by atoms with van der Waals surface area (Å²) in [7, 11) is 0. The fourth-order valence-corrected chi connectivity index (χ4v) is 2.26. The van der Waals surface area contributed by atoms with Gasteiger partial charge in [0.1, 0.15) is 11.4 Å². The number of benzene rings is 1. The molecule has 1 amide bonds. The highest BCUT2D eigenvalue weighted by Crippen LogP contribution is 2.16. The third-order valence-electron chi connectivity index (χ3n) is 3.30. The van der Waals surface area contributed by atoms with Gasteiger partial charge in [-0.15, -0.1) is 0 Å². The molecule has 1 heterocycles. The van der Waals surface area contributed by atoms with Gasteiger partial charge in [-0.25, -0.2) is 0 Å². The van der Waals surface area contributed by atoms with Crippen molar-refractivity contribution < 1.29 is 9.53 Å². The number of carbonyl (C=O) groups is 1. The second kappa shape index (κ2) is 7.83. The molecule has 0 atom stereocenters. The van der Waals surface area contributed by atoms with Crippen molar-refractivity contribution in [1.29, 1.82) is 0 Å². The highest BCUT2D eigenvalue weighted by atomic mass is 16.5. The molecule has 1 aromatic heterocycles. The van der Waals surface area contributed by atoms with E-state index in [0.29, 0.717) is 6.61 Å². The van der Waals surface area contributed by atoms with Gasteiger partial charge >= 0.3 is 0 Å². The quantitative estimate of drug-likeness (QED) is 0.851. The normalized spacial score (nSPS) is 11.9. The van der Waals surface area contributed by atoms with Gasteiger partial charge in [0.25, 0.3) is 11.5 Å². The zero-order valence-corrected chi connectivity index (χ0v) is 15.1. The molecule has 5 heteroatoms. The number of nitrogens with zero attached hydrogens (tertiary/aromatic N) is 1. The van der Waals surface area contributed by atoms with Crippen LogP contribution in [-0.2, 0) is 4.79 Å². The molecule has 2 aromatic rings. The summed E-state index contributed by atoms with van der Waals surface area (Å²) in [5.74, 6) is 0.451. The second-order valence-corrected chi connectivity index (χ2v) is 6.64. The van der Waals surface area contributed by atoms with Crippen molar-refractivity contribution in [3.05, 3.63) is 64.6 Å². The number of hydrogen-bond acceptors (Lipinski definition) is 3. The van der Waals surface area contributed by atoms with Crippen molar-refractivity contribution >= 4 is 17.7 Å². The Bertz CT molecular complexity index is 812. The molecule has 2 rings (SSSR count). The zero-order valence-electron chi connectivity index (χ0n) is 15.1. The second-order valence-electron chi connectivity index (χ2n) is 6.64. The van der Waals surface area contributed by atoms with Crippen LogP contribution in [0.1, 0.15) is 33.3 Å². The molecule has 0 saturated heterocycles. The van der Waals surface area contributed by atoms with E-state index >= 15 is 0 Å². The minimum Gasteiger partial charge on any atom is -0.494 e. The van der Waals surface area contributed by atoms with E-state index in [-0.39, 0.29) is 17.2 Å². The number of hydrogen-bond donors (Lipinski definition) is 1. The smallest absolute Gasteiger partial charge is 0.268 e. The predicted molar refractivity (Wildman–Crippen MR) is 100 cm³/mol. The predicted octanol–water partition coefficient (Wildman–Crippen LogP) is 3.16. The molecule has 0 saturated carbocycles. The first kappa shape index (κ1) is 18.5. The molecule has 0 aliphatic heterocycles. The summed E-state index contributed by atoms with van der Waals surface area (Å²) in [6, 6.07) is 12.2. The Kier molecular flexibility index (Phi) is 5.80. The molecule has 5 nitrogen and oxygen atoms in total. The van der Waals surface area contributed by atoms with E-state index in [1.54, 1.807) is 24.4 Å². The van der Waals surface area contributed by atoms with Crippen LogP contribution in [0.4, 0.5) is 0 Å². The molecule has 1 aromatic carbocycles. The first-order chi connectivity index (χ1) is 11.8. The van der Waals surface area contributed by atoms with Crippen LogP contribution in [0.2, 0.25) is 0 Å². The van der Waals surface area contributed by atoms with E-state index in [1.807, 2.05) is 52.0 Å². The largest absolute Gasteiger partial charge is 0.494 e. The molecule has 1 N–H and O–H groups in total. The maximum Gasteiger partial charge on any atom is 0.268 e. The summed E-state index contributed by atoms with van der Waals surface area (Å²) in [6.07, 6.45) is 3.28. The van der Waals surface area contributed by atoms with Crippen LogP contribution < -0.4 is 15.6 Å². The number of aromatic nitrogens is 1. The molecule has 0 unspecified atom stereocenters. The van der Waals surface area contributed by atoms with E-state index < -0.39 is 5.54 Å². The van der Waals surface area contributed by atoms with Crippen LogP contribution in [-0.4, -0.2) is 22.6 Å². The number of rotatable bonds is 5. The van der Waals surface area contributed by atoms with Crippen LogP contribution >= 0.6 is 0 Å². The van der Waals surface area contributed by atoms with E-state index in [2.05, 4.69) is 5.32 Å². The van der Waals surface area contributed by atoms with E-state index in [0.717, 1.165) is 11.3 Å². The van der Waals surface area contributed by atoms with Crippen LogP contribution in [0.3, 0.4) is 0 Å². The van der Waals surface area contributed by atoms with Crippen molar-refractivity contribution in [1.82, 2.24) is 9.88 Å². The third kappa shape index (κ3) is 5.35. The summed E-state index contributed by atoms with van der Waals surface area (Å²) in [5, 5.41) is 2.91. The Balaban J connectivity index is 2.45. The van der Waals surface area contributed by atoms with Gasteiger partial charge in [0.05, 0.1) is 6.61 Å². The average Bonchev–Trinajstić information content (AvgIpc) is 2.53. The van der Waals surface area contributed by atoms with Crippen molar-refractivity contribution in [3.8, 4) is 5.75 Å². The molecule has 132 valence electrons. The van der Waals surface area contributed by atoms with Gasteiger partial charge in [0.15, 0.2) is 0 Å². The molecular formula is C20H24N2O3. The van der Waals surface area contributed by atoms with E-state index in [4.69, 9.17) is 4.74 Å². The first-order valence-corrected chi connectivity index (χ1v) is 8.25. The Morgan fingerprint density at radius 3 is 2.40 bits per heavy atom. The number of ether oxygens (including phenoxy) is 1. The molecule has 0 aliphatic rings. The third-order valence-corrected chi connectivity index (χ3v) is 3.30. The van der Waals surface area contributed by atoms with Crippen LogP contribution in [0.5, 0.6) is 5.75 Å². The van der Waals surface area contributed by atoms with Gasteiger partial charge in [0, 0.05) is 17.8 Å². The van der Waals surface area contributed by atoms with Crippen LogP contribution in [0, 0.1) is 0 Å². The van der Waals surface area contributed by atoms with Crippen LogP contribution in [0.15, 0.2) is 53.5 Å². The lowest BCUT2D eigenvalue weighted by Crippen LogP contribution is -2.42. The highest BCUT2D eigenvalue weighted by Gasteiger charge is 2.19. The molecule has 0 radical (unpaired) electrons. The van der Waals surface area contributed by atoms with Crippen molar-refractivity contribution in [2.45, 2.75) is 33.2 Å². The number of nitrogens with one attached hydrogen (secondary N) is 1. The van der Waals surface area contributed by atoms with E-state index in [1.165, 1.54) is 10.6 Å². The lowest BCUT2D eigenvalue weighted by molar-refractivity contribution is -0.117. The Morgan fingerprint density at radius 2 is 1.84 bits per heavy atom. The summed E-state index contributed by atoms with van der Waals surface area (Å²) in [5.41, 5.74) is 0.402. The monoisotopic (exact) mass is 340 g/mol. The maximum absolute atomic E-state index is 12.7.